The third kappa shape index (κ3) is 5.01. The number of carboxylic acids is 1. The van der Waals surface area contributed by atoms with E-state index in [0.717, 1.165) is 29.5 Å². The van der Waals surface area contributed by atoms with Crippen LogP contribution in [0.1, 0.15) is 68.4 Å². The zero-order valence-corrected chi connectivity index (χ0v) is 18.4. The number of rotatable bonds is 9. The van der Waals surface area contributed by atoms with Crippen LogP contribution in [0.5, 0.6) is 0 Å². The number of carbonyl (C=O) groups excluding carboxylic acids is 2. The lowest BCUT2D eigenvalue weighted by atomic mass is 9.76. The number of aliphatic carboxylic acids is 1. The molecule has 0 bridgehead atoms. The Balaban J connectivity index is 2.43. The van der Waals surface area contributed by atoms with Gasteiger partial charge in [0.15, 0.2) is 0 Å². The molecule has 2 unspecified atom stereocenters. The van der Waals surface area contributed by atoms with Crippen LogP contribution in [-0.2, 0) is 15.1 Å². The number of urea groups is 1. The van der Waals surface area contributed by atoms with Gasteiger partial charge in [-0.25, -0.2) is 9.59 Å². The lowest BCUT2D eigenvalue weighted by Gasteiger charge is -2.43. The summed E-state index contributed by atoms with van der Waals surface area (Å²) < 4.78 is 5.25. The molecule has 1 aliphatic rings. The molecule has 2 rings (SSSR count). The fourth-order valence-corrected chi connectivity index (χ4v) is 3.65. The number of nitrogens with zero attached hydrogens (tertiary/aromatic N) is 1. The molecule has 0 fully saturated rings. The van der Waals surface area contributed by atoms with Gasteiger partial charge in [-0.05, 0) is 55.4 Å². The minimum absolute atomic E-state index is 0.110. The Hall–Kier alpha value is -2.83. The van der Waals surface area contributed by atoms with Gasteiger partial charge in [0.25, 0.3) is 0 Å². The van der Waals surface area contributed by atoms with E-state index in [2.05, 4.69) is 19.2 Å². The van der Waals surface area contributed by atoms with E-state index in [9.17, 15) is 14.4 Å². The number of ether oxygens (including phenoxy) is 1. The molecule has 0 saturated heterocycles. The second kappa shape index (κ2) is 9.78. The van der Waals surface area contributed by atoms with Crippen molar-refractivity contribution in [2.75, 3.05) is 13.2 Å². The first-order chi connectivity index (χ1) is 14.1. The molecule has 1 aromatic carbocycles. The fourth-order valence-electron chi connectivity index (χ4n) is 3.65. The molecule has 7 nitrogen and oxygen atoms in total. The van der Waals surface area contributed by atoms with E-state index in [0.29, 0.717) is 12.2 Å². The molecule has 0 saturated carbocycles. The predicted octanol–water partition coefficient (Wildman–Crippen LogP) is 4.21. The average Bonchev–Trinajstić information content (AvgIpc) is 2.70. The summed E-state index contributed by atoms with van der Waals surface area (Å²) in [6.07, 6.45) is 3.29. The molecule has 1 aliphatic heterocycles. The van der Waals surface area contributed by atoms with Gasteiger partial charge >= 0.3 is 18.0 Å². The van der Waals surface area contributed by atoms with E-state index in [1.165, 1.54) is 4.90 Å². The molecule has 1 heterocycles. The van der Waals surface area contributed by atoms with Crippen molar-refractivity contribution >= 4 is 18.0 Å². The maximum atomic E-state index is 12.7. The summed E-state index contributed by atoms with van der Waals surface area (Å²) in [6.45, 7) is 10.4. The van der Waals surface area contributed by atoms with Crippen molar-refractivity contribution in [2.24, 2.45) is 5.92 Å². The number of esters is 1. The van der Waals surface area contributed by atoms with Crippen LogP contribution in [0, 0.1) is 12.8 Å². The number of carbonyl (C=O) groups is 3. The molecular weight excluding hydrogens is 384 g/mol. The summed E-state index contributed by atoms with van der Waals surface area (Å²) in [7, 11) is 0. The molecule has 7 heteroatoms. The summed E-state index contributed by atoms with van der Waals surface area (Å²) in [6, 6.07) is 5.16. The van der Waals surface area contributed by atoms with E-state index >= 15 is 0 Å². The number of benzene rings is 1. The first kappa shape index (κ1) is 23.4. The Morgan fingerprint density at radius 2 is 2.00 bits per heavy atom. The summed E-state index contributed by atoms with van der Waals surface area (Å²) >= 11 is 0. The zero-order valence-electron chi connectivity index (χ0n) is 18.4. The van der Waals surface area contributed by atoms with Gasteiger partial charge in [-0.1, -0.05) is 32.9 Å². The molecule has 2 N–H and O–H groups in total. The summed E-state index contributed by atoms with van der Waals surface area (Å²) in [4.78, 5) is 37.4. The number of carboxylic acid groups (broad SMARTS) is 1. The number of hydrogen-bond donors (Lipinski definition) is 2. The van der Waals surface area contributed by atoms with Gasteiger partial charge in [-0.2, -0.15) is 0 Å². The Kier molecular flexibility index (Phi) is 7.65. The molecule has 0 aliphatic carbocycles. The smallest absolute Gasteiger partial charge is 0.338 e. The van der Waals surface area contributed by atoms with Gasteiger partial charge in [-0.3, -0.25) is 4.79 Å². The van der Waals surface area contributed by atoms with Gasteiger partial charge in [0.05, 0.1) is 24.1 Å². The lowest BCUT2D eigenvalue weighted by Crippen LogP contribution is -2.55. The fraction of sp³-hybridized carbons (Fsp3) is 0.522. The first-order valence-electron chi connectivity index (χ1n) is 10.4. The molecule has 1 aromatic rings. The Bertz CT molecular complexity index is 848. The van der Waals surface area contributed by atoms with Crippen LogP contribution in [0.4, 0.5) is 4.79 Å². The van der Waals surface area contributed by atoms with Crippen LogP contribution in [0.3, 0.4) is 0 Å². The standard InChI is InChI=1S/C23H32N2O5/c1-6-12-30-21(28)18-9-8-17(13-16(18)4)23(5)19(15(3)7-2)14-25(22(29)24-23)11-10-20(26)27/h8-9,13-15H,6-7,10-12H2,1-5H3,(H,24,29)(H,26,27). The minimum atomic E-state index is -0.948. The van der Waals surface area contributed by atoms with Crippen molar-refractivity contribution in [1.29, 1.82) is 0 Å². The highest BCUT2D eigenvalue weighted by Crippen LogP contribution is 2.38. The highest BCUT2D eigenvalue weighted by Gasteiger charge is 2.40. The van der Waals surface area contributed by atoms with Crippen molar-refractivity contribution in [2.45, 2.75) is 59.4 Å². The lowest BCUT2D eigenvalue weighted by molar-refractivity contribution is -0.137. The average molecular weight is 417 g/mol. The number of aryl methyl sites for hydroxylation is 1. The predicted molar refractivity (Wildman–Crippen MR) is 114 cm³/mol. The Morgan fingerprint density at radius 3 is 2.57 bits per heavy atom. The summed E-state index contributed by atoms with van der Waals surface area (Å²) in [5.41, 5.74) is 2.39. The van der Waals surface area contributed by atoms with Gasteiger partial charge in [0.1, 0.15) is 0 Å². The quantitative estimate of drug-likeness (QED) is 0.588. The van der Waals surface area contributed by atoms with Crippen LogP contribution < -0.4 is 5.32 Å². The van der Waals surface area contributed by atoms with Crippen LogP contribution >= 0.6 is 0 Å². The van der Waals surface area contributed by atoms with Crippen molar-refractivity contribution in [3.8, 4) is 0 Å². The largest absolute Gasteiger partial charge is 0.481 e. The van der Waals surface area contributed by atoms with Crippen LogP contribution in [0.15, 0.2) is 30.0 Å². The molecule has 164 valence electrons. The molecule has 2 amide bonds. The van der Waals surface area contributed by atoms with Gasteiger partial charge in [0, 0.05) is 12.7 Å². The van der Waals surface area contributed by atoms with E-state index in [1.54, 1.807) is 12.3 Å². The van der Waals surface area contributed by atoms with Gasteiger partial charge < -0.3 is 20.1 Å². The SMILES string of the molecule is CCCOC(=O)c1ccc(C2(C)NC(=O)N(CCC(=O)O)C=C2C(C)CC)cc1C. The van der Waals surface area contributed by atoms with Crippen molar-refractivity contribution < 1.29 is 24.2 Å². The Labute approximate surface area is 178 Å². The molecule has 0 aromatic heterocycles. The highest BCUT2D eigenvalue weighted by molar-refractivity contribution is 5.91. The molecule has 0 radical (unpaired) electrons. The first-order valence-corrected chi connectivity index (χ1v) is 10.4. The second-order valence-corrected chi connectivity index (χ2v) is 7.95. The van der Waals surface area contributed by atoms with E-state index < -0.39 is 11.5 Å². The number of nitrogens with one attached hydrogen (secondary N) is 1. The van der Waals surface area contributed by atoms with Crippen LogP contribution in [-0.4, -0.2) is 41.1 Å². The van der Waals surface area contributed by atoms with E-state index in [-0.39, 0.29) is 30.9 Å². The molecule has 30 heavy (non-hydrogen) atoms. The zero-order chi connectivity index (χ0) is 22.5. The van der Waals surface area contributed by atoms with Crippen molar-refractivity contribution in [3.63, 3.8) is 0 Å². The highest BCUT2D eigenvalue weighted by atomic mass is 16.5. The maximum Gasteiger partial charge on any atom is 0.338 e. The third-order valence-corrected chi connectivity index (χ3v) is 5.66. The Morgan fingerprint density at radius 1 is 1.30 bits per heavy atom. The normalized spacial score (nSPS) is 19.7. The van der Waals surface area contributed by atoms with E-state index in [4.69, 9.17) is 9.84 Å². The minimum Gasteiger partial charge on any atom is -0.481 e. The van der Waals surface area contributed by atoms with Crippen LogP contribution in [0.25, 0.3) is 0 Å². The van der Waals surface area contributed by atoms with Crippen molar-refractivity contribution in [3.05, 3.63) is 46.7 Å². The number of hydrogen-bond acceptors (Lipinski definition) is 4. The van der Waals surface area contributed by atoms with Gasteiger partial charge in [0.2, 0.25) is 0 Å². The monoisotopic (exact) mass is 416 g/mol. The second-order valence-electron chi connectivity index (χ2n) is 7.95. The molecular formula is C23H32N2O5. The van der Waals surface area contributed by atoms with E-state index in [1.807, 2.05) is 32.9 Å². The summed E-state index contributed by atoms with van der Waals surface area (Å²) in [5, 5.41) is 12.0. The topological polar surface area (TPSA) is 95.9 Å². The van der Waals surface area contributed by atoms with Crippen molar-refractivity contribution in [1.82, 2.24) is 10.2 Å². The number of amides is 2. The molecule has 0 spiro atoms. The third-order valence-electron chi connectivity index (χ3n) is 5.66. The summed E-state index contributed by atoms with van der Waals surface area (Å²) in [5.74, 6) is -1.13. The van der Waals surface area contributed by atoms with Gasteiger partial charge in [-0.15, -0.1) is 0 Å². The van der Waals surface area contributed by atoms with Crippen LogP contribution in [0.2, 0.25) is 0 Å². The molecule has 2 atom stereocenters. The maximum absolute atomic E-state index is 12.7.